The lowest BCUT2D eigenvalue weighted by molar-refractivity contribution is 0.174. The molecule has 1 aliphatic rings. The second kappa shape index (κ2) is 6.39. The summed E-state index contributed by atoms with van der Waals surface area (Å²) in [7, 11) is 0. The van der Waals surface area contributed by atoms with Crippen LogP contribution in [0.15, 0.2) is 53.1 Å². The minimum atomic E-state index is 0.218. The molecule has 128 valence electrons. The smallest absolute Gasteiger partial charge is 0.231 e. The van der Waals surface area contributed by atoms with Gasteiger partial charge in [0, 0.05) is 23.9 Å². The van der Waals surface area contributed by atoms with Gasteiger partial charge in [-0.15, -0.1) is 0 Å². The second-order valence-electron chi connectivity index (χ2n) is 5.74. The van der Waals surface area contributed by atoms with Crippen LogP contribution >= 0.6 is 0 Å². The highest BCUT2D eigenvalue weighted by molar-refractivity contribution is 5.58. The van der Waals surface area contributed by atoms with Crippen LogP contribution < -0.4 is 14.4 Å². The number of ether oxygens (including phenoxy) is 2. The zero-order chi connectivity index (χ0) is 17.2. The Balaban J connectivity index is 1.53. The fourth-order valence-corrected chi connectivity index (χ4v) is 2.78. The maximum Gasteiger partial charge on any atom is 0.231 e. The standard InChI is InChI=1S/C19H18N2O4/c1-2-21(15-5-8-17-18(9-15)25-12-24-17)10-14-11-23-19(20-14)13-3-6-16(22)7-4-13/h3-9,11,22H,2,10,12H2,1H3. The molecule has 0 saturated carbocycles. The van der Waals surface area contributed by atoms with Crippen LogP contribution in [0.5, 0.6) is 17.2 Å². The van der Waals surface area contributed by atoms with E-state index in [4.69, 9.17) is 13.9 Å². The molecule has 2 aromatic carbocycles. The van der Waals surface area contributed by atoms with Gasteiger partial charge in [0.15, 0.2) is 11.5 Å². The number of hydrogen-bond acceptors (Lipinski definition) is 6. The van der Waals surface area contributed by atoms with Gasteiger partial charge in [0.25, 0.3) is 0 Å². The van der Waals surface area contributed by atoms with Gasteiger partial charge in [-0.3, -0.25) is 0 Å². The van der Waals surface area contributed by atoms with Crippen molar-refractivity contribution in [2.45, 2.75) is 13.5 Å². The van der Waals surface area contributed by atoms with Crippen molar-refractivity contribution in [1.29, 1.82) is 0 Å². The molecule has 0 amide bonds. The minimum absolute atomic E-state index is 0.218. The summed E-state index contributed by atoms with van der Waals surface area (Å²) in [5.74, 6) is 2.30. The predicted molar refractivity (Wildman–Crippen MR) is 92.9 cm³/mol. The number of phenols is 1. The van der Waals surface area contributed by atoms with Crippen molar-refractivity contribution < 1.29 is 19.0 Å². The summed E-state index contributed by atoms with van der Waals surface area (Å²) in [5, 5.41) is 9.38. The van der Waals surface area contributed by atoms with Crippen molar-refractivity contribution in [3.8, 4) is 28.7 Å². The molecular weight excluding hydrogens is 320 g/mol. The lowest BCUT2D eigenvalue weighted by atomic mass is 10.2. The third-order valence-corrected chi connectivity index (χ3v) is 4.12. The van der Waals surface area contributed by atoms with E-state index in [1.165, 1.54) is 0 Å². The molecule has 0 spiro atoms. The van der Waals surface area contributed by atoms with Crippen molar-refractivity contribution in [3.63, 3.8) is 0 Å². The summed E-state index contributed by atoms with van der Waals surface area (Å²) < 4.78 is 16.4. The number of aromatic nitrogens is 1. The van der Waals surface area contributed by atoms with E-state index in [-0.39, 0.29) is 12.5 Å². The molecule has 0 fully saturated rings. The van der Waals surface area contributed by atoms with Crippen molar-refractivity contribution in [3.05, 3.63) is 54.4 Å². The molecule has 6 heteroatoms. The minimum Gasteiger partial charge on any atom is -0.508 e. The molecule has 1 aromatic heterocycles. The summed E-state index contributed by atoms with van der Waals surface area (Å²) in [5.41, 5.74) is 2.71. The lowest BCUT2D eigenvalue weighted by Gasteiger charge is -2.22. The molecule has 2 heterocycles. The molecule has 0 saturated heterocycles. The van der Waals surface area contributed by atoms with Crippen molar-refractivity contribution >= 4 is 5.69 Å². The number of anilines is 1. The van der Waals surface area contributed by atoms with Crippen LogP contribution in [-0.4, -0.2) is 23.4 Å². The number of fused-ring (bicyclic) bond motifs is 1. The van der Waals surface area contributed by atoms with E-state index in [1.54, 1.807) is 30.5 Å². The van der Waals surface area contributed by atoms with Gasteiger partial charge in [0.1, 0.15) is 12.0 Å². The van der Waals surface area contributed by atoms with Crippen molar-refractivity contribution in [1.82, 2.24) is 4.98 Å². The molecule has 0 unspecified atom stereocenters. The van der Waals surface area contributed by atoms with Gasteiger partial charge in [-0.25, -0.2) is 4.98 Å². The first-order valence-corrected chi connectivity index (χ1v) is 8.11. The van der Waals surface area contributed by atoms with Gasteiger partial charge in [-0.05, 0) is 43.3 Å². The first-order chi connectivity index (χ1) is 12.2. The first kappa shape index (κ1) is 15.4. The number of nitrogens with zero attached hydrogens (tertiary/aromatic N) is 2. The molecule has 0 radical (unpaired) electrons. The molecule has 0 bridgehead atoms. The first-order valence-electron chi connectivity index (χ1n) is 8.11. The number of aromatic hydroxyl groups is 1. The Kier molecular flexibility index (Phi) is 3.93. The Bertz CT molecular complexity index is 873. The Morgan fingerprint density at radius 2 is 1.88 bits per heavy atom. The Morgan fingerprint density at radius 3 is 2.68 bits per heavy atom. The average Bonchev–Trinajstić information content (AvgIpc) is 3.29. The lowest BCUT2D eigenvalue weighted by Crippen LogP contribution is -2.22. The van der Waals surface area contributed by atoms with E-state index >= 15 is 0 Å². The summed E-state index contributed by atoms with van der Waals surface area (Å²) >= 11 is 0. The number of oxazole rings is 1. The Labute approximate surface area is 145 Å². The van der Waals surface area contributed by atoms with Gasteiger partial charge in [0.2, 0.25) is 12.7 Å². The number of hydrogen-bond donors (Lipinski definition) is 1. The zero-order valence-corrected chi connectivity index (χ0v) is 13.8. The number of benzene rings is 2. The summed E-state index contributed by atoms with van der Waals surface area (Å²) in [6, 6.07) is 12.7. The van der Waals surface area contributed by atoms with Gasteiger partial charge < -0.3 is 23.9 Å². The zero-order valence-electron chi connectivity index (χ0n) is 13.8. The van der Waals surface area contributed by atoms with Gasteiger partial charge in [-0.2, -0.15) is 0 Å². The largest absolute Gasteiger partial charge is 0.508 e. The monoisotopic (exact) mass is 338 g/mol. The van der Waals surface area contributed by atoms with Crippen LogP contribution in [0.4, 0.5) is 5.69 Å². The molecule has 1 N–H and O–H groups in total. The third kappa shape index (κ3) is 3.10. The van der Waals surface area contributed by atoms with Crippen LogP contribution in [0.25, 0.3) is 11.5 Å². The molecule has 4 rings (SSSR count). The number of phenolic OH excluding ortho intramolecular Hbond substituents is 1. The van der Waals surface area contributed by atoms with E-state index in [1.807, 2.05) is 18.2 Å². The highest BCUT2D eigenvalue weighted by Gasteiger charge is 2.17. The molecule has 3 aromatic rings. The van der Waals surface area contributed by atoms with E-state index in [0.717, 1.165) is 35.0 Å². The van der Waals surface area contributed by atoms with E-state index in [0.29, 0.717) is 12.4 Å². The SMILES string of the molecule is CCN(Cc1coc(-c2ccc(O)cc2)n1)c1ccc2c(c1)OCO2. The van der Waals surface area contributed by atoms with Crippen LogP contribution in [0.3, 0.4) is 0 Å². The van der Waals surface area contributed by atoms with E-state index in [9.17, 15) is 5.11 Å². The van der Waals surface area contributed by atoms with Crippen LogP contribution in [-0.2, 0) is 6.54 Å². The summed E-state index contributed by atoms with van der Waals surface area (Å²) in [6.45, 7) is 3.80. The van der Waals surface area contributed by atoms with Gasteiger partial charge >= 0.3 is 0 Å². The number of rotatable bonds is 5. The molecule has 1 aliphatic heterocycles. The van der Waals surface area contributed by atoms with Crippen LogP contribution in [0.2, 0.25) is 0 Å². The quantitative estimate of drug-likeness (QED) is 0.763. The van der Waals surface area contributed by atoms with E-state index in [2.05, 4.69) is 16.8 Å². The molecule has 6 nitrogen and oxygen atoms in total. The highest BCUT2D eigenvalue weighted by atomic mass is 16.7. The van der Waals surface area contributed by atoms with Crippen LogP contribution in [0, 0.1) is 0 Å². The van der Waals surface area contributed by atoms with Crippen molar-refractivity contribution in [2.75, 3.05) is 18.2 Å². The van der Waals surface area contributed by atoms with Gasteiger partial charge in [0.05, 0.1) is 12.2 Å². The molecule has 0 aliphatic carbocycles. The topological polar surface area (TPSA) is 68.0 Å². The van der Waals surface area contributed by atoms with Crippen LogP contribution in [0.1, 0.15) is 12.6 Å². The predicted octanol–water partition coefficient (Wildman–Crippen LogP) is 3.80. The second-order valence-corrected chi connectivity index (χ2v) is 5.74. The third-order valence-electron chi connectivity index (χ3n) is 4.12. The highest BCUT2D eigenvalue weighted by Crippen LogP contribution is 2.35. The Morgan fingerprint density at radius 1 is 1.08 bits per heavy atom. The summed E-state index contributed by atoms with van der Waals surface area (Å²) in [6.07, 6.45) is 1.66. The fourth-order valence-electron chi connectivity index (χ4n) is 2.78. The average molecular weight is 338 g/mol. The molecule has 25 heavy (non-hydrogen) atoms. The maximum atomic E-state index is 9.38. The maximum absolute atomic E-state index is 9.38. The molecule has 0 atom stereocenters. The summed E-state index contributed by atoms with van der Waals surface area (Å²) in [4.78, 5) is 6.73. The van der Waals surface area contributed by atoms with Gasteiger partial charge in [-0.1, -0.05) is 0 Å². The fraction of sp³-hybridized carbons (Fsp3) is 0.211. The van der Waals surface area contributed by atoms with Crippen molar-refractivity contribution in [2.24, 2.45) is 0 Å². The Hall–Kier alpha value is -3.15. The normalized spacial score (nSPS) is 12.4. The van der Waals surface area contributed by atoms with E-state index < -0.39 is 0 Å². The molecular formula is C19H18N2O4.